The van der Waals surface area contributed by atoms with Crippen LogP contribution in [0.2, 0.25) is 0 Å². The van der Waals surface area contributed by atoms with Gasteiger partial charge in [0.2, 0.25) is 0 Å². The number of benzene rings is 2. The summed E-state index contributed by atoms with van der Waals surface area (Å²) in [5, 5.41) is 0. The normalized spacial score (nSPS) is 11.6. The lowest BCUT2D eigenvalue weighted by molar-refractivity contribution is 0.0175. The van der Waals surface area contributed by atoms with Gasteiger partial charge in [-0.05, 0) is 13.0 Å². The fraction of sp³-hybridized carbons (Fsp3) is 0.167. The molecule has 4 heteroatoms. The molecule has 0 spiro atoms. The summed E-state index contributed by atoms with van der Waals surface area (Å²) in [5.74, 6) is -2.12. The summed E-state index contributed by atoms with van der Waals surface area (Å²) in [4.78, 5) is 7.79. The zero-order chi connectivity index (χ0) is 15.7. The van der Waals surface area contributed by atoms with Crippen molar-refractivity contribution in [2.45, 2.75) is 19.8 Å². The van der Waals surface area contributed by atoms with Crippen molar-refractivity contribution in [3.05, 3.63) is 65.9 Å². The molecule has 0 fully saturated rings. The van der Waals surface area contributed by atoms with Gasteiger partial charge in [0.05, 0.1) is 5.69 Å². The minimum absolute atomic E-state index is 0.00587. The molecule has 0 amide bonds. The molecule has 112 valence electrons. The van der Waals surface area contributed by atoms with Crippen LogP contribution in [0.3, 0.4) is 0 Å². The van der Waals surface area contributed by atoms with E-state index in [0.29, 0.717) is 11.3 Å². The maximum Gasteiger partial charge on any atom is 0.270 e. The Bertz CT molecular complexity index is 786. The van der Waals surface area contributed by atoms with Gasteiger partial charge in [0.25, 0.3) is 5.92 Å². The average molecular weight is 298 g/mol. The van der Waals surface area contributed by atoms with Gasteiger partial charge in [0.15, 0.2) is 0 Å². The van der Waals surface area contributed by atoms with Crippen LogP contribution in [0.1, 0.15) is 18.2 Å². The maximum absolute atomic E-state index is 13.5. The van der Waals surface area contributed by atoms with E-state index in [0.717, 1.165) is 24.0 Å². The molecule has 1 aromatic heterocycles. The van der Waals surface area contributed by atoms with Crippen molar-refractivity contribution in [3.63, 3.8) is 0 Å². The molecule has 1 heterocycles. The summed E-state index contributed by atoms with van der Waals surface area (Å²) < 4.78 is 27.0. The Morgan fingerprint density at radius 2 is 1.64 bits per heavy atom. The van der Waals surface area contributed by atoms with Crippen LogP contribution >= 0.6 is 0 Å². The quantitative estimate of drug-likeness (QED) is 0.710. The first-order valence-corrected chi connectivity index (χ1v) is 7.06. The zero-order valence-electron chi connectivity index (χ0n) is 12.4. The van der Waals surface area contributed by atoms with Gasteiger partial charge >= 0.3 is 0 Å². The lowest BCUT2D eigenvalue weighted by Gasteiger charge is -2.11. The van der Waals surface area contributed by atoms with Gasteiger partial charge in [-0.25, -0.2) is 13.8 Å². The first kappa shape index (κ1) is 14.4. The van der Waals surface area contributed by atoms with Crippen LogP contribution in [0.25, 0.3) is 22.6 Å². The van der Waals surface area contributed by atoms with E-state index in [1.165, 1.54) is 12.1 Å². The molecule has 3 rings (SSSR count). The van der Waals surface area contributed by atoms with E-state index in [9.17, 15) is 8.78 Å². The van der Waals surface area contributed by atoms with Crippen LogP contribution < -0.4 is 0 Å². The van der Waals surface area contributed by atoms with Crippen molar-refractivity contribution in [3.8, 4) is 22.6 Å². The Morgan fingerprint density at radius 1 is 0.955 bits per heavy atom. The van der Waals surface area contributed by atoms with E-state index in [1.54, 1.807) is 12.1 Å². The summed E-state index contributed by atoms with van der Waals surface area (Å²) in [5.41, 5.74) is 3.21. The van der Waals surface area contributed by atoms with E-state index in [-0.39, 0.29) is 5.56 Å². The predicted molar refractivity (Wildman–Crippen MR) is 83.8 cm³/mol. The third-order valence-electron chi connectivity index (χ3n) is 3.57. The monoisotopic (exact) mass is 298 g/mol. The number of rotatable bonds is 3. The molecule has 0 saturated heterocycles. The largest absolute Gasteiger partial charge is 0.342 e. The number of H-pyrrole nitrogens is 1. The smallest absolute Gasteiger partial charge is 0.270 e. The molecule has 0 unspecified atom stereocenters. The van der Waals surface area contributed by atoms with Crippen molar-refractivity contribution in [1.29, 1.82) is 0 Å². The van der Waals surface area contributed by atoms with Crippen molar-refractivity contribution in [2.24, 2.45) is 0 Å². The maximum atomic E-state index is 13.5. The summed E-state index contributed by atoms with van der Waals surface area (Å²) in [6.45, 7) is 2.80. The van der Waals surface area contributed by atoms with E-state index in [1.807, 2.05) is 37.3 Å². The Kier molecular flexibility index (Phi) is 3.53. The molecule has 0 bridgehead atoms. The third kappa shape index (κ3) is 2.77. The second-order valence-corrected chi connectivity index (χ2v) is 5.39. The number of aryl methyl sites for hydroxylation is 1. The van der Waals surface area contributed by atoms with E-state index in [4.69, 9.17) is 0 Å². The summed E-state index contributed by atoms with van der Waals surface area (Å²) in [7, 11) is 0. The van der Waals surface area contributed by atoms with Crippen LogP contribution in [0.5, 0.6) is 0 Å². The van der Waals surface area contributed by atoms with Crippen molar-refractivity contribution in [1.82, 2.24) is 9.97 Å². The number of alkyl halides is 2. The number of hydrogen-bond donors (Lipinski definition) is 1. The highest BCUT2D eigenvalue weighted by atomic mass is 19.3. The number of aromatic amines is 1. The second kappa shape index (κ2) is 5.37. The van der Waals surface area contributed by atoms with Gasteiger partial charge in [-0.2, -0.15) is 0 Å². The van der Waals surface area contributed by atoms with Gasteiger partial charge in [-0.3, -0.25) is 0 Å². The highest BCUT2D eigenvalue weighted by Crippen LogP contribution is 2.31. The van der Waals surface area contributed by atoms with Crippen molar-refractivity contribution in [2.75, 3.05) is 0 Å². The Morgan fingerprint density at radius 3 is 2.32 bits per heavy atom. The SMILES string of the molecule is Cc1[nH]c(-c2ccccc2)nc1-c1cccc(C(C)(F)F)c1. The molecule has 0 aliphatic heterocycles. The van der Waals surface area contributed by atoms with Gasteiger partial charge in [0.1, 0.15) is 5.82 Å². The standard InChI is InChI=1S/C18H16F2N2/c1-12-16(14-9-6-10-15(11-14)18(2,19)20)22-17(21-12)13-7-4-3-5-8-13/h3-11H,1-2H3,(H,21,22). The van der Waals surface area contributed by atoms with Crippen LogP contribution in [-0.2, 0) is 5.92 Å². The van der Waals surface area contributed by atoms with Crippen LogP contribution in [0, 0.1) is 6.92 Å². The molecule has 1 N–H and O–H groups in total. The fourth-order valence-corrected chi connectivity index (χ4v) is 2.41. The average Bonchev–Trinajstić information content (AvgIpc) is 2.89. The molecule has 3 aromatic rings. The highest BCUT2D eigenvalue weighted by Gasteiger charge is 2.24. The third-order valence-corrected chi connectivity index (χ3v) is 3.57. The van der Waals surface area contributed by atoms with Gasteiger partial charge in [-0.15, -0.1) is 0 Å². The van der Waals surface area contributed by atoms with E-state index >= 15 is 0 Å². The van der Waals surface area contributed by atoms with Crippen molar-refractivity contribution < 1.29 is 8.78 Å². The molecule has 2 aromatic carbocycles. The topological polar surface area (TPSA) is 28.7 Å². The lowest BCUT2D eigenvalue weighted by Crippen LogP contribution is -2.06. The molecule has 0 radical (unpaired) electrons. The Hall–Kier alpha value is -2.49. The Labute approximate surface area is 127 Å². The van der Waals surface area contributed by atoms with Crippen LogP contribution in [0.4, 0.5) is 8.78 Å². The molecule has 22 heavy (non-hydrogen) atoms. The number of nitrogens with zero attached hydrogens (tertiary/aromatic N) is 1. The molecular weight excluding hydrogens is 282 g/mol. The number of hydrogen-bond acceptors (Lipinski definition) is 1. The number of imidazole rings is 1. The van der Waals surface area contributed by atoms with Gasteiger partial charge in [-0.1, -0.05) is 48.5 Å². The minimum atomic E-state index is -2.86. The molecule has 2 nitrogen and oxygen atoms in total. The van der Waals surface area contributed by atoms with Crippen LogP contribution in [0.15, 0.2) is 54.6 Å². The fourth-order valence-electron chi connectivity index (χ4n) is 2.41. The second-order valence-electron chi connectivity index (χ2n) is 5.39. The molecule has 0 saturated carbocycles. The number of aromatic nitrogens is 2. The Balaban J connectivity index is 2.05. The predicted octanol–water partition coefficient (Wildman–Crippen LogP) is 5.16. The van der Waals surface area contributed by atoms with Gasteiger partial charge < -0.3 is 4.98 Å². The zero-order valence-corrected chi connectivity index (χ0v) is 12.4. The molecular formula is C18H16F2N2. The van der Waals surface area contributed by atoms with Crippen molar-refractivity contribution >= 4 is 0 Å². The number of nitrogens with one attached hydrogen (secondary N) is 1. The first-order valence-electron chi connectivity index (χ1n) is 7.06. The van der Waals surface area contributed by atoms with E-state index < -0.39 is 5.92 Å². The summed E-state index contributed by atoms with van der Waals surface area (Å²) in [6, 6.07) is 16.1. The van der Waals surface area contributed by atoms with Crippen LogP contribution in [-0.4, -0.2) is 9.97 Å². The molecule has 0 atom stereocenters. The summed E-state index contributed by atoms with van der Waals surface area (Å²) >= 11 is 0. The summed E-state index contributed by atoms with van der Waals surface area (Å²) in [6.07, 6.45) is 0. The molecule has 0 aliphatic carbocycles. The lowest BCUT2D eigenvalue weighted by atomic mass is 10.0. The first-order chi connectivity index (χ1) is 10.4. The van der Waals surface area contributed by atoms with Gasteiger partial charge in [0, 0.05) is 29.3 Å². The number of halogens is 2. The highest BCUT2D eigenvalue weighted by molar-refractivity contribution is 5.67. The minimum Gasteiger partial charge on any atom is -0.342 e. The molecule has 0 aliphatic rings. The van der Waals surface area contributed by atoms with E-state index in [2.05, 4.69) is 9.97 Å².